The summed E-state index contributed by atoms with van der Waals surface area (Å²) < 4.78 is 10.1. The predicted octanol–water partition coefficient (Wildman–Crippen LogP) is 1.35. The van der Waals surface area contributed by atoms with Gasteiger partial charge in [0.15, 0.2) is 11.5 Å². The van der Waals surface area contributed by atoms with Crippen molar-refractivity contribution in [2.45, 2.75) is 12.3 Å². The van der Waals surface area contributed by atoms with Crippen molar-refractivity contribution in [2.75, 3.05) is 14.2 Å². The Hall–Kier alpha value is -2.24. The topological polar surface area (TPSA) is 93.1 Å². The molecule has 0 aliphatic carbocycles. The fourth-order valence-electron chi connectivity index (χ4n) is 1.59. The van der Waals surface area contributed by atoms with Gasteiger partial charge in [-0.25, -0.2) is 0 Å². The maximum atomic E-state index is 11.1. The van der Waals surface area contributed by atoms with Gasteiger partial charge in [0.1, 0.15) is 0 Å². The van der Waals surface area contributed by atoms with Gasteiger partial charge < -0.3 is 19.7 Å². The number of carboxylic acids is 2. The van der Waals surface area contributed by atoms with Crippen LogP contribution in [0.1, 0.15) is 17.9 Å². The van der Waals surface area contributed by atoms with Crippen LogP contribution >= 0.6 is 0 Å². The molecular formula is C12H14O6. The van der Waals surface area contributed by atoms with E-state index < -0.39 is 24.3 Å². The highest BCUT2D eigenvalue weighted by molar-refractivity contribution is 5.82. The van der Waals surface area contributed by atoms with Crippen LogP contribution < -0.4 is 9.47 Å². The largest absolute Gasteiger partial charge is 0.493 e. The quantitative estimate of drug-likeness (QED) is 0.795. The average Bonchev–Trinajstić information content (AvgIpc) is 2.34. The van der Waals surface area contributed by atoms with Crippen LogP contribution in [0.4, 0.5) is 0 Å². The van der Waals surface area contributed by atoms with Crippen LogP contribution in [-0.2, 0) is 9.59 Å². The van der Waals surface area contributed by atoms with E-state index >= 15 is 0 Å². The Balaban J connectivity index is 3.13. The maximum Gasteiger partial charge on any atom is 0.311 e. The molecule has 6 heteroatoms. The Kier molecular flexibility index (Phi) is 4.53. The standard InChI is InChI=1S/C12H14O6/c1-17-9-4-3-7(5-10(9)18-2)8(12(15)16)6-11(13)14/h3-5,8H,6H2,1-2H3,(H,13,14)(H,15,16)/t8-/m1/s1. The first-order chi connectivity index (χ1) is 8.49. The van der Waals surface area contributed by atoms with Gasteiger partial charge in [-0.05, 0) is 17.7 Å². The van der Waals surface area contributed by atoms with Gasteiger partial charge in [-0.1, -0.05) is 6.07 Å². The second-order valence-electron chi connectivity index (χ2n) is 3.60. The smallest absolute Gasteiger partial charge is 0.311 e. The molecule has 0 saturated carbocycles. The summed E-state index contributed by atoms with van der Waals surface area (Å²) in [5.41, 5.74) is 0.363. The molecule has 0 aliphatic heterocycles. The van der Waals surface area contributed by atoms with E-state index in [4.69, 9.17) is 19.7 Å². The molecule has 0 amide bonds. The van der Waals surface area contributed by atoms with Gasteiger partial charge in [0.05, 0.1) is 26.6 Å². The number of hydrogen-bond donors (Lipinski definition) is 2. The summed E-state index contributed by atoms with van der Waals surface area (Å²) in [5, 5.41) is 17.7. The summed E-state index contributed by atoms with van der Waals surface area (Å²) in [6, 6.07) is 4.54. The molecule has 1 aromatic carbocycles. The van der Waals surface area contributed by atoms with Crippen molar-refractivity contribution < 1.29 is 29.3 Å². The second kappa shape index (κ2) is 5.90. The van der Waals surface area contributed by atoms with Gasteiger partial charge in [0.2, 0.25) is 0 Å². The molecule has 0 aromatic heterocycles. The molecule has 0 unspecified atom stereocenters. The fourth-order valence-corrected chi connectivity index (χ4v) is 1.59. The van der Waals surface area contributed by atoms with Crippen LogP contribution in [0.25, 0.3) is 0 Å². The molecule has 0 saturated heterocycles. The summed E-state index contributed by atoms with van der Waals surface area (Å²) in [5.74, 6) is -2.64. The van der Waals surface area contributed by atoms with Crippen LogP contribution in [0.15, 0.2) is 18.2 Å². The minimum Gasteiger partial charge on any atom is -0.493 e. The Morgan fingerprint density at radius 2 is 1.78 bits per heavy atom. The lowest BCUT2D eigenvalue weighted by Crippen LogP contribution is -2.16. The highest BCUT2D eigenvalue weighted by atomic mass is 16.5. The molecule has 98 valence electrons. The number of methoxy groups -OCH3 is 2. The van der Waals surface area contributed by atoms with Crippen molar-refractivity contribution in [2.24, 2.45) is 0 Å². The monoisotopic (exact) mass is 254 g/mol. The lowest BCUT2D eigenvalue weighted by Gasteiger charge is -2.13. The Morgan fingerprint density at radius 3 is 2.22 bits per heavy atom. The summed E-state index contributed by atoms with van der Waals surface area (Å²) in [7, 11) is 2.89. The van der Waals surface area contributed by atoms with Crippen LogP contribution in [0.5, 0.6) is 11.5 Å². The van der Waals surface area contributed by atoms with Crippen molar-refractivity contribution in [3.8, 4) is 11.5 Å². The van der Waals surface area contributed by atoms with Crippen LogP contribution in [-0.4, -0.2) is 36.4 Å². The fraction of sp³-hybridized carbons (Fsp3) is 0.333. The number of hydrogen-bond acceptors (Lipinski definition) is 4. The van der Waals surface area contributed by atoms with Crippen LogP contribution in [0, 0.1) is 0 Å². The van der Waals surface area contributed by atoms with E-state index in [1.807, 2.05) is 0 Å². The molecule has 6 nitrogen and oxygen atoms in total. The molecule has 0 bridgehead atoms. The van der Waals surface area contributed by atoms with Gasteiger partial charge in [-0.15, -0.1) is 0 Å². The first-order valence-electron chi connectivity index (χ1n) is 5.16. The van der Waals surface area contributed by atoms with E-state index in [0.717, 1.165) is 0 Å². The van der Waals surface area contributed by atoms with Crippen molar-refractivity contribution in [3.05, 3.63) is 23.8 Å². The minimum absolute atomic E-state index is 0.363. The number of benzene rings is 1. The van der Waals surface area contributed by atoms with Gasteiger partial charge in [0, 0.05) is 0 Å². The lowest BCUT2D eigenvalue weighted by atomic mass is 9.95. The van der Waals surface area contributed by atoms with Crippen molar-refractivity contribution in [1.29, 1.82) is 0 Å². The van der Waals surface area contributed by atoms with E-state index in [1.165, 1.54) is 26.4 Å². The molecule has 1 rings (SSSR count). The third-order valence-electron chi connectivity index (χ3n) is 2.49. The summed E-state index contributed by atoms with van der Waals surface area (Å²) in [6.45, 7) is 0. The normalized spacial score (nSPS) is 11.7. The molecular weight excluding hydrogens is 240 g/mol. The molecule has 18 heavy (non-hydrogen) atoms. The third-order valence-corrected chi connectivity index (χ3v) is 2.49. The van der Waals surface area contributed by atoms with E-state index in [1.54, 1.807) is 6.07 Å². The van der Waals surface area contributed by atoms with Gasteiger partial charge in [-0.3, -0.25) is 9.59 Å². The Labute approximate surface area is 104 Å². The van der Waals surface area contributed by atoms with Gasteiger partial charge in [0.25, 0.3) is 0 Å². The minimum atomic E-state index is -1.19. The lowest BCUT2D eigenvalue weighted by molar-refractivity contribution is -0.145. The first kappa shape index (κ1) is 13.8. The first-order valence-corrected chi connectivity index (χ1v) is 5.16. The number of carboxylic acid groups (broad SMARTS) is 2. The summed E-state index contributed by atoms with van der Waals surface area (Å²) in [6.07, 6.45) is -0.481. The van der Waals surface area contributed by atoms with Gasteiger partial charge >= 0.3 is 11.9 Å². The van der Waals surface area contributed by atoms with E-state index in [9.17, 15) is 9.59 Å². The van der Waals surface area contributed by atoms with Crippen molar-refractivity contribution in [1.82, 2.24) is 0 Å². The second-order valence-corrected chi connectivity index (χ2v) is 3.60. The molecule has 0 radical (unpaired) electrons. The van der Waals surface area contributed by atoms with E-state index in [-0.39, 0.29) is 0 Å². The van der Waals surface area contributed by atoms with Crippen molar-refractivity contribution >= 4 is 11.9 Å². The Morgan fingerprint density at radius 1 is 1.17 bits per heavy atom. The SMILES string of the molecule is COc1ccc([C@@H](CC(=O)O)C(=O)O)cc1OC. The van der Waals surface area contributed by atoms with E-state index in [2.05, 4.69) is 0 Å². The van der Waals surface area contributed by atoms with Crippen molar-refractivity contribution in [3.63, 3.8) is 0 Å². The molecule has 0 aliphatic rings. The van der Waals surface area contributed by atoms with Crippen LogP contribution in [0.3, 0.4) is 0 Å². The predicted molar refractivity (Wildman–Crippen MR) is 62.2 cm³/mol. The van der Waals surface area contributed by atoms with Gasteiger partial charge in [-0.2, -0.15) is 0 Å². The third kappa shape index (κ3) is 3.13. The molecule has 2 N–H and O–H groups in total. The number of ether oxygens (including phenoxy) is 2. The number of rotatable bonds is 6. The molecule has 0 heterocycles. The molecule has 0 fully saturated rings. The van der Waals surface area contributed by atoms with Crippen LogP contribution in [0.2, 0.25) is 0 Å². The number of carbonyl (C=O) groups is 2. The van der Waals surface area contributed by atoms with E-state index in [0.29, 0.717) is 17.1 Å². The molecule has 0 spiro atoms. The highest BCUT2D eigenvalue weighted by Crippen LogP contribution is 2.31. The molecule has 1 aromatic rings. The summed E-state index contributed by atoms with van der Waals surface area (Å²) >= 11 is 0. The zero-order valence-corrected chi connectivity index (χ0v) is 10.0. The Bertz CT molecular complexity index is 454. The average molecular weight is 254 g/mol. The summed E-state index contributed by atoms with van der Waals surface area (Å²) in [4.78, 5) is 21.7. The zero-order valence-electron chi connectivity index (χ0n) is 10.0. The zero-order chi connectivity index (χ0) is 13.7. The molecule has 1 atom stereocenters. The highest BCUT2D eigenvalue weighted by Gasteiger charge is 2.24. The maximum absolute atomic E-state index is 11.1. The number of aliphatic carboxylic acids is 2.